The van der Waals surface area contributed by atoms with Gasteiger partial charge in [-0.15, -0.1) is 0 Å². The maximum absolute atomic E-state index is 13.1. The number of hydrogen-bond acceptors (Lipinski definition) is 15. The van der Waals surface area contributed by atoms with Crippen molar-refractivity contribution in [3.63, 3.8) is 0 Å². The Balaban J connectivity index is 1.59. The Morgan fingerprint density at radius 2 is 1.29 bits per heavy atom. The molecule has 2 saturated heterocycles. The van der Waals surface area contributed by atoms with Gasteiger partial charge in [0, 0.05) is 6.61 Å². The zero-order chi connectivity index (χ0) is 33.3. The molecular formula is C30H46O15. The molecule has 0 aromatic heterocycles. The van der Waals surface area contributed by atoms with E-state index < -0.39 is 73.4 Å². The quantitative estimate of drug-likeness (QED) is 0.144. The van der Waals surface area contributed by atoms with E-state index in [1.807, 2.05) is 0 Å². The average molecular weight is 647 g/mol. The van der Waals surface area contributed by atoms with Crippen molar-refractivity contribution in [1.82, 2.24) is 0 Å². The largest absolute Gasteiger partial charge is 0.497 e. The van der Waals surface area contributed by atoms with Crippen molar-refractivity contribution in [3.8, 4) is 5.75 Å². The van der Waals surface area contributed by atoms with E-state index in [1.165, 1.54) is 7.11 Å². The fourth-order valence-electron chi connectivity index (χ4n) is 4.78. The van der Waals surface area contributed by atoms with Gasteiger partial charge in [-0.1, -0.05) is 12.1 Å². The van der Waals surface area contributed by atoms with Crippen molar-refractivity contribution >= 4 is 11.9 Å². The topological polar surface area (TPSA) is 198 Å². The van der Waals surface area contributed by atoms with Crippen LogP contribution in [0.2, 0.25) is 0 Å². The number of benzene rings is 1. The third kappa shape index (κ3) is 10.0. The van der Waals surface area contributed by atoms with Crippen LogP contribution in [0.15, 0.2) is 24.3 Å². The van der Waals surface area contributed by atoms with Crippen LogP contribution >= 0.6 is 0 Å². The van der Waals surface area contributed by atoms with Crippen LogP contribution in [-0.4, -0.2) is 133 Å². The molecule has 45 heavy (non-hydrogen) atoms. The molecule has 15 nitrogen and oxygen atoms in total. The molecule has 2 aliphatic rings. The van der Waals surface area contributed by atoms with Crippen LogP contribution in [0.1, 0.15) is 39.7 Å². The molecule has 0 aliphatic carbocycles. The molecule has 10 atom stereocenters. The fourth-order valence-corrected chi connectivity index (χ4v) is 4.78. The van der Waals surface area contributed by atoms with Crippen molar-refractivity contribution in [2.75, 3.05) is 27.4 Å². The highest BCUT2D eigenvalue weighted by atomic mass is 16.7. The summed E-state index contributed by atoms with van der Waals surface area (Å²) in [5, 5.41) is 42.6. The van der Waals surface area contributed by atoms with E-state index in [9.17, 15) is 30.0 Å². The minimum Gasteiger partial charge on any atom is -0.497 e. The van der Waals surface area contributed by atoms with Gasteiger partial charge in [0.05, 0.1) is 33.0 Å². The van der Waals surface area contributed by atoms with Crippen molar-refractivity contribution in [2.24, 2.45) is 0 Å². The Kier molecular flexibility index (Phi) is 14.4. The summed E-state index contributed by atoms with van der Waals surface area (Å²) < 4.78 is 49.1. The van der Waals surface area contributed by atoms with Gasteiger partial charge < -0.3 is 63.1 Å². The minimum atomic E-state index is -1.57. The molecule has 2 heterocycles. The van der Waals surface area contributed by atoms with Gasteiger partial charge >= 0.3 is 11.9 Å². The van der Waals surface area contributed by atoms with Gasteiger partial charge in [-0.2, -0.15) is 0 Å². The first-order valence-corrected chi connectivity index (χ1v) is 14.8. The van der Waals surface area contributed by atoms with E-state index in [-0.39, 0.29) is 38.4 Å². The van der Waals surface area contributed by atoms with Gasteiger partial charge in [-0.05, 0) is 51.8 Å². The van der Waals surface area contributed by atoms with E-state index in [0.717, 1.165) is 7.11 Å². The first kappa shape index (κ1) is 37.0. The zero-order valence-corrected chi connectivity index (χ0v) is 26.3. The molecule has 0 radical (unpaired) electrons. The minimum absolute atomic E-state index is 0.0874. The molecule has 0 spiro atoms. The summed E-state index contributed by atoms with van der Waals surface area (Å²) in [7, 11) is 2.69. The summed E-state index contributed by atoms with van der Waals surface area (Å²) >= 11 is 0. The smallest absolute Gasteiger partial charge is 0.338 e. The molecule has 2 unspecified atom stereocenters. The van der Waals surface area contributed by atoms with Crippen LogP contribution in [0, 0.1) is 0 Å². The normalized spacial score (nSPS) is 32.0. The highest BCUT2D eigenvalue weighted by molar-refractivity contribution is 5.76. The van der Waals surface area contributed by atoms with Crippen LogP contribution in [0.25, 0.3) is 0 Å². The lowest BCUT2D eigenvalue weighted by molar-refractivity contribution is -0.311. The molecule has 0 bridgehead atoms. The Morgan fingerprint density at radius 3 is 1.89 bits per heavy atom. The summed E-state index contributed by atoms with van der Waals surface area (Å²) in [5.41, 5.74) is 0.680. The molecule has 1 aromatic carbocycles. The maximum Gasteiger partial charge on any atom is 0.338 e. The van der Waals surface area contributed by atoms with E-state index in [1.54, 1.807) is 52.0 Å². The molecule has 15 heteroatoms. The Hall–Kier alpha value is -2.44. The molecule has 3 rings (SSSR count). The van der Waals surface area contributed by atoms with Gasteiger partial charge in [-0.3, -0.25) is 0 Å². The predicted octanol–water partition coefficient (Wildman–Crippen LogP) is -0.185. The number of methoxy groups -OCH3 is 2. The number of ether oxygens (including phenoxy) is 9. The fraction of sp³-hybridized carbons (Fsp3) is 0.733. The first-order valence-electron chi connectivity index (χ1n) is 14.8. The predicted molar refractivity (Wildman–Crippen MR) is 153 cm³/mol. The van der Waals surface area contributed by atoms with Gasteiger partial charge in [0.15, 0.2) is 24.8 Å². The van der Waals surface area contributed by atoms with Gasteiger partial charge in [0.2, 0.25) is 0 Å². The number of aliphatic hydroxyl groups is 4. The summed E-state index contributed by atoms with van der Waals surface area (Å²) in [6, 6.07) is 6.88. The maximum atomic E-state index is 13.1. The second-order valence-corrected chi connectivity index (χ2v) is 11.2. The standard InChI is InChI=1S/C30H46O15/c1-15(2)42-24-20(32)21(33)29(44-26(24)27(35)38-6)40-13-7-12-39-23-19(31)22(34)30(43-16(3)4)45-25(23)28(36)41-14-17-8-10-18(37-5)11-9-17/h8-11,15-16,19-26,29-34H,7,12-14H2,1-6H3/t19-,20-,21+,22+,23+,24+,25?,26?,29-,30-/m1/s1. The van der Waals surface area contributed by atoms with Crippen molar-refractivity contribution in [3.05, 3.63) is 29.8 Å². The summed E-state index contributed by atoms with van der Waals surface area (Å²) in [6.45, 7) is 6.54. The Bertz CT molecular complexity index is 1050. The average Bonchev–Trinajstić information content (AvgIpc) is 3.01. The number of carbonyl (C=O) groups excluding carboxylic acids is 2. The lowest BCUT2D eigenvalue weighted by Crippen LogP contribution is -2.62. The lowest BCUT2D eigenvalue weighted by atomic mass is 9.98. The zero-order valence-electron chi connectivity index (χ0n) is 26.3. The molecule has 256 valence electrons. The summed E-state index contributed by atoms with van der Waals surface area (Å²) in [5.74, 6) is -1.01. The van der Waals surface area contributed by atoms with Crippen LogP contribution in [0.4, 0.5) is 0 Å². The Labute approximate surface area is 262 Å². The number of hydrogen-bond donors (Lipinski definition) is 4. The highest BCUT2D eigenvalue weighted by Gasteiger charge is 2.51. The van der Waals surface area contributed by atoms with Gasteiger partial charge in [0.25, 0.3) is 0 Å². The lowest BCUT2D eigenvalue weighted by Gasteiger charge is -2.42. The molecular weight excluding hydrogens is 600 g/mol. The third-order valence-electron chi connectivity index (χ3n) is 7.01. The van der Waals surface area contributed by atoms with Crippen molar-refractivity contribution in [1.29, 1.82) is 0 Å². The van der Waals surface area contributed by atoms with Crippen LogP contribution in [0.5, 0.6) is 5.75 Å². The van der Waals surface area contributed by atoms with E-state index in [0.29, 0.717) is 11.3 Å². The van der Waals surface area contributed by atoms with Gasteiger partial charge in [0.1, 0.15) is 49.0 Å². The van der Waals surface area contributed by atoms with E-state index >= 15 is 0 Å². The molecule has 2 aliphatic heterocycles. The van der Waals surface area contributed by atoms with Crippen LogP contribution < -0.4 is 4.74 Å². The van der Waals surface area contributed by atoms with Crippen LogP contribution in [-0.2, 0) is 54.1 Å². The van der Waals surface area contributed by atoms with Crippen molar-refractivity contribution < 1.29 is 72.6 Å². The SMILES string of the molecule is COC(=O)C1O[C@@H](OCCCO[C@@H]2C(C(=O)OCc3ccc(OC)cc3)O[C@@H](OC(C)C)[C@@H](O)[C@H]2O)[C@@H](O)[C@@H](O)[C@@H]1OC(C)C. The summed E-state index contributed by atoms with van der Waals surface area (Å²) in [4.78, 5) is 25.4. The number of rotatable bonds is 15. The first-order chi connectivity index (χ1) is 21.4. The Morgan fingerprint density at radius 1 is 0.733 bits per heavy atom. The van der Waals surface area contributed by atoms with Crippen molar-refractivity contribution in [2.45, 2.75) is 114 Å². The van der Waals surface area contributed by atoms with E-state index in [4.69, 9.17) is 42.6 Å². The molecule has 1 aromatic rings. The molecule has 4 N–H and O–H groups in total. The molecule has 0 saturated carbocycles. The summed E-state index contributed by atoms with van der Waals surface area (Å²) in [6.07, 6.45) is -14.8. The second-order valence-electron chi connectivity index (χ2n) is 11.2. The van der Waals surface area contributed by atoms with E-state index in [2.05, 4.69) is 0 Å². The second kappa shape index (κ2) is 17.5. The highest BCUT2D eigenvalue weighted by Crippen LogP contribution is 2.28. The number of aliphatic hydroxyl groups excluding tert-OH is 4. The van der Waals surface area contributed by atoms with Gasteiger partial charge in [-0.25, -0.2) is 9.59 Å². The monoisotopic (exact) mass is 646 g/mol. The molecule has 0 amide bonds. The third-order valence-corrected chi connectivity index (χ3v) is 7.01. The number of esters is 2. The van der Waals surface area contributed by atoms with Crippen LogP contribution in [0.3, 0.4) is 0 Å². The molecule has 2 fully saturated rings. The number of carbonyl (C=O) groups is 2.